The molecule has 0 radical (unpaired) electrons. The Morgan fingerprint density at radius 3 is 2.89 bits per heavy atom. The first kappa shape index (κ1) is 13.7. The van der Waals surface area contributed by atoms with E-state index in [1.165, 1.54) is 16.2 Å². The minimum absolute atomic E-state index is 0.109. The zero-order valence-corrected chi connectivity index (χ0v) is 10.3. The van der Waals surface area contributed by atoms with Crippen LogP contribution in [0.25, 0.3) is 0 Å². The molecule has 1 aromatic heterocycles. The lowest BCUT2D eigenvalue weighted by Crippen LogP contribution is -2.41. The zero-order valence-electron chi connectivity index (χ0n) is 9.44. The number of halogens is 3. The van der Waals surface area contributed by atoms with Crippen LogP contribution >= 0.6 is 11.3 Å². The van der Waals surface area contributed by atoms with E-state index in [0.29, 0.717) is 5.00 Å². The Kier molecular flexibility index (Phi) is 3.65. The van der Waals surface area contributed by atoms with Gasteiger partial charge < -0.3 is 10.1 Å². The van der Waals surface area contributed by atoms with Crippen LogP contribution in [-0.4, -0.2) is 37.4 Å². The van der Waals surface area contributed by atoms with Gasteiger partial charge in [-0.2, -0.15) is 13.2 Å². The molecule has 19 heavy (non-hydrogen) atoms. The van der Waals surface area contributed by atoms with Gasteiger partial charge in [0.2, 0.25) is 0 Å². The molecular weight excluding hydrogens is 285 g/mol. The number of carbonyl (C=O) groups excluding carboxylic acids is 2. The van der Waals surface area contributed by atoms with E-state index >= 15 is 0 Å². The first-order chi connectivity index (χ1) is 8.88. The fraction of sp³-hybridized carbons (Fsp3) is 0.400. The molecule has 0 aliphatic carbocycles. The van der Waals surface area contributed by atoms with E-state index in [2.05, 4.69) is 0 Å². The van der Waals surface area contributed by atoms with Gasteiger partial charge in [0.15, 0.2) is 0 Å². The fourth-order valence-corrected chi connectivity index (χ4v) is 2.27. The van der Waals surface area contributed by atoms with E-state index in [0.717, 1.165) is 0 Å². The summed E-state index contributed by atoms with van der Waals surface area (Å²) in [5.41, 5.74) is 0. The molecular formula is C10H9F3N2O3S. The summed E-state index contributed by atoms with van der Waals surface area (Å²) in [5, 5.41) is 4.10. The Morgan fingerprint density at radius 1 is 1.58 bits per heavy atom. The quantitative estimate of drug-likeness (QED) is 0.924. The van der Waals surface area contributed by atoms with Gasteiger partial charge in [0.25, 0.3) is 0 Å². The van der Waals surface area contributed by atoms with Crippen LogP contribution in [0.4, 0.5) is 23.0 Å². The first-order valence-electron chi connectivity index (χ1n) is 5.24. The van der Waals surface area contributed by atoms with E-state index in [1.807, 2.05) is 0 Å². The smallest absolute Gasteiger partial charge is 0.442 e. The molecule has 0 spiro atoms. The Balaban J connectivity index is 1.88. The molecule has 0 bridgehead atoms. The summed E-state index contributed by atoms with van der Waals surface area (Å²) >= 11 is 1.31. The van der Waals surface area contributed by atoms with Crippen molar-refractivity contribution in [2.45, 2.75) is 12.3 Å². The third-order valence-electron chi connectivity index (χ3n) is 2.39. The SMILES string of the molecule is O=C1OC(CNC(=O)C(F)(F)F)CN1c1cccs1. The maximum Gasteiger partial charge on any atom is 0.471 e. The van der Waals surface area contributed by atoms with Gasteiger partial charge in [0.1, 0.15) is 11.1 Å². The molecule has 1 atom stereocenters. The lowest BCUT2D eigenvalue weighted by atomic mass is 10.3. The summed E-state index contributed by atoms with van der Waals surface area (Å²) in [6, 6.07) is 3.44. The van der Waals surface area contributed by atoms with Crippen molar-refractivity contribution >= 4 is 28.3 Å². The standard InChI is InChI=1S/C10H9F3N2O3S/c11-10(12,13)8(16)14-4-6-5-15(9(17)18-6)7-2-1-3-19-7/h1-3,6H,4-5H2,(H,14,16). The summed E-state index contributed by atoms with van der Waals surface area (Å²) in [6.07, 6.45) is -6.36. The first-order valence-corrected chi connectivity index (χ1v) is 6.12. The average Bonchev–Trinajstić information content (AvgIpc) is 2.93. The fourth-order valence-electron chi connectivity index (χ4n) is 1.54. The minimum Gasteiger partial charge on any atom is -0.442 e. The molecule has 1 unspecified atom stereocenters. The number of thiophene rings is 1. The van der Waals surface area contributed by atoms with Gasteiger partial charge in [-0.25, -0.2) is 4.79 Å². The second-order valence-electron chi connectivity index (χ2n) is 3.78. The predicted octanol–water partition coefficient (Wildman–Crippen LogP) is 1.75. The molecule has 1 saturated heterocycles. The van der Waals surface area contributed by atoms with E-state index in [9.17, 15) is 22.8 Å². The molecule has 1 aliphatic rings. The summed E-state index contributed by atoms with van der Waals surface area (Å²) in [6.45, 7) is -0.260. The Hall–Kier alpha value is -1.77. The lowest BCUT2D eigenvalue weighted by molar-refractivity contribution is -0.173. The molecule has 1 aliphatic heterocycles. The lowest BCUT2D eigenvalue weighted by Gasteiger charge is -2.11. The predicted molar refractivity (Wildman–Crippen MR) is 61.0 cm³/mol. The highest BCUT2D eigenvalue weighted by Crippen LogP contribution is 2.26. The molecule has 1 N–H and O–H groups in total. The normalized spacial score (nSPS) is 19.4. The number of anilines is 1. The third kappa shape index (κ3) is 3.16. The molecule has 2 rings (SSSR count). The summed E-state index contributed by atoms with van der Waals surface area (Å²) in [4.78, 5) is 23.4. The number of nitrogens with zero attached hydrogens (tertiary/aromatic N) is 1. The highest BCUT2D eigenvalue weighted by Gasteiger charge is 2.40. The van der Waals surface area contributed by atoms with Crippen molar-refractivity contribution in [3.8, 4) is 0 Å². The second-order valence-corrected chi connectivity index (χ2v) is 4.70. The van der Waals surface area contributed by atoms with Crippen molar-refractivity contribution in [3.63, 3.8) is 0 Å². The van der Waals surface area contributed by atoms with Crippen LogP contribution in [0.5, 0.6) is 0 Å². The van der Waals surface area contributed by atoms with E-state index in [1.54, 1.807) is 22.8 Å². The largest absolute Gasteiger partial charge is 0.471 e. The van der Waals surface area contributed by atoms with Crippen molar-refractivity contribution < 1.29 is 27.5 Å². The van der Waals surface area contributed by atoms with Gasteiger partial charge >= 0.3 is 18.2 Å². The Bertz CT molecular complexity index is 475. The molecule has 1 fully saturated rings. The number of alkyl halides is 3. The van der Waals surface area contributed by atoms with Crippen LogP contribution in [0.2, 0.25) is 0 Å². The molecule has 0 aromatic carbocycles. The van der Waals surface area contributed by atoms with Crippen molar-refractivity contribution in [2.24, 2.45) is 0 Å². The molecule has 9 heteroatoms. The molecule has 104 valence electrons. The van der Waals surface area contributed by atoms with Crippen molar-refractivity contribution in [2.75, 3.05) is 18.0 Å². The molecule has 2 amide bonds. The number of nitrogens with one attached hydrogen (secondary N) is 1. The second kappa shape index (κ2) is 5.08. The number of amides is 2. The molecule has 1 aromatic rings. The van der Waals surface area contributed by atoms with Gasteiger partial charge in [-0.1, -0.05) is 0 Å². The summed E-state index contributed by atoms with van der Waals surface area (Å²) in [5.74, 6) is -2.04. The maximum atomic E-state index is 12.0. The topological polar surface area (TPSA) is 58.6 Å². The van der Waals surface area contributed by atoms with Crippen LogP contribution in [0.15, 0.2) is 17.5 Å². The molecule has 5 nitrogen and oxygen atoms in total. The third-order valence-corrected chi connectivity index (χ3v) is 3.29. The van der Waals surface area contributed by atoms with Gasteiger partial charge in [0, 0.05) is 0 Å². The highest BCUT2D eigenvalue weighted by molar-refractivity contribution is 7.14. The van der Waals surface area contributed by atoms with Crippen LogP contribution < -0.4 is 10.2 Å². The number of ether oxygens (including phenoxy) is 1. The monoisotopic (exact) mass is 294 g/mol. The van der Waals surface area contributed by atoms with Crippen molar-refractivity contribution in [1.82, 2.24) is 5.32 Å². The molecule has 2 heterocycles. The zero-order chi connectivity index (χ0) is 14.0. The number of rotatable bonds is 3. The highest BCUT2D eigenvalue weighted by atomic mass is 32.1. The summed E-state index contributed by atoms with van der Waals surface area (Å²) in [7, 11) is 0. The van der Waals surface area contributed by atoms with Gasteiger partial charge in [-0.05, 0) is 17.5 Å². The number of hydrogen-bond donors (Lipinski definition) is 1. The minimum atomic E-state index is -4.93. The number of cyclic esters (lactones) is 1. The van der Waals surface area contributed by atoms with Crippen LogP contribution in [0.1, 0.15) is 0 Å². The number of carbonyl (C=O) groups is 2. The van der Waals surface area contributed by atoms with Gasteiger partial charge in [-0.15, -0.1) is 11.3 Å². The van der Waals surface area contributed by atoms with E-state index in [4.69, 9.17) is 4.74 Å². The van der Waals surface area contributed by atoms with Crippen molar-refractivity contribution in [1.29, 1.82) is 0 Å². The Labute approximate surface area is 109 Å². The average molecular weight is 294 g/mol. The van der Waals surface area contributed by atoms with E-state index in [-0.39, 0.29) is 13.1 Å². The van der Waals surface area contributed by atoms with Crippen LogP contribution in [0.3, 0.4) is 0 Å². The molecule has 0 saturated carbocycles. The maximum absolute atomic E-state index is 12.0. The van der Waals surface area contributed by atoms with Crippen molar-refractivity contribution in [3.05, 3.63) is 17.5 Å². The number of hydrogen-bond acceptors (Lipinski definition) is 4. The summed E-state index contributed by atoms with van der Waals surface area (Å²) < 4.78 is 40.8. The van der Waals surface area contributed by atoms with Gasteiger partial charge in [0.05, 0.1) is 13.1 Å². The van der Waals surface area contributed by atoms with Crippen LogP contribution in [0, 0.1) is 0 Å². The van der Waals surface area contributed by atoms with Gasteiger partial charge in [-0.3, -0.25) is 9.69 Å². The van der Waals surface area contributed by atoms with Crippen LogP contribution in [-0.2, 0) is 9.53 Å². The van der Waals surface area contributed by atoms with E-state index < -0.39 is 24.3 Å². The Morgan fingerprint density at radius 2 is 2.32 bits per heavy atom.